The number of aromatic nitrogens is 5. The van der Waals surface area contributed by atoms with Crippen LogP contribution in [0.2, 0.25) is 0 Å². The molecule has 1 aromatic carbocycles. The smallest absolute Gasteiger partial charge is 0.225 e. The maximum Gasteiger partial charge on any atom is 0.225 e. The zero-order valence-corrected chi connectivity index (χ0v) is 15.7. The van der Waals surface area contributed by atoms with E-state index in [-0.39, 0.29) is 11.9 Å². The Kier molecular flexibility index (Phi) is 5.16. The van der Waals surface area contributed by atoms with Gasteiger partial charge < -0.3 is 10.6 Å². The zero-order chi connectivity index (χ0) is 19.3. The van der Waals surface area contributed by atoms with Crippen LogP contribution in [0, 0.1) is 5.82 Å². The predicted molar refractivity (Wildman–Crippen MR) is 107 cm³/mol. The quantitative estimate of drug-likeness (QED) is 0.500. The first-order valence-electron chi connectivity index (χ1n) is 8.51. The maximum atomic E-state index is 13.2. The van der Waals surface area contributed by atoms with Gasteiger partial charge in [0.25, 0.3) is 0 Å². The fraction of sp³-hybridized carbons (Fsp3) is 0.105. The Balaban J connectivity index is 1.64. The normalized spacial score (nSPS) is 11.8. The summed E-state index contributed by atoms with van der Waals surface area (Å²) in [5.74, 6) is 1.29. The summed E-state index contributed by atoms with van der Waals surface area (Å²) < 4.78 is 13.2. The summed E-state index contributed by atoms with van der Waals surface area (Å²) in [7, 11) is 0. The number of anilines is 3. The van der Waals surface area contributed by atoms with Gasteiger partial charge >= 0.3 is 0 Å². The van der Waals surface area contributed by atoms with Gasteiger partial charge in [-0.2, -0.15) is 4.98 Å². The molecule has 140 valence electrons. The molecule has 3 heterocycles. The van der Waals surface area contributed by atoms with Crippen LogP contribution in [0.25, 0.3) is 10.7 Å². The topological polar surface area (TPSA) is 88.5 Å². The van der Waals surface area contributed by atoms with Crippen LogP contribution in [0.5, 0.6) is 0 Å². The van der Waals surface area contributed by atoms with Gasteiger partial charge in [0, 0.05) is 30.0 Å². The van der Waals surface area contributed by atoms with Crippen LogP contribution in [0.15, 0.2) is 60.5 Å². The van der Waals surface area contributed by atoms with Gasteiger partial charge in [0.05, 0.1) is 12.2 Å². The SMILES string of the molecule is CC(Nc1nc(Nc2cnccn2)cc(-c2nccs2)n1)c1ccc(F)cc1. The molecule has 0 bridgehead atoms. The van der Waals surface area contributed by atoms with Crippen LogP contribution in [0.1, 0.15) is 18.5 Å². The summed E-state index contributed by atoms with van der Waals surface area (Å²) in [6.45, 7) is 1.96. The molecule has 0 spiro atoms. The average Bonchev–Trinajstić information content (AvgIpc) is 3.24. The third kappa shape index (κ3) is 4.26. The molecule has 7 nitrogen and oxygen atoms in total. The van der Waals surface area contributed by atoms with Crippen molar-refractivity contribution in [3.8, 4) is 10.7 Å². The Bertz CT molecular complexity index is 1040. The molecule has 0 aliphatic carbocycles. The highest BCUT2D eigenvalue weighted by molar-refractivity contribution is 7.13. The van der Waals surface area contributed by atoms with E-state index in [2.05, 4.69) is 35.6 Å². The molecule has 0 aliphatic heterocycles. The molecule has 1 unspecified atom stereocenters. The van der Waals surface area contributed by atoms with Gasteiger partial charge in [0.1, 0.15) is 28.2 Å². The van der Waals surface area contributed by atoms with Crippen molar-refractivity contribution in [2.24, 2.45) is 0 Å². The summed E-state index contributed by atoms with van der Waals surface area (Å²) in [5, 5.41) is 9.06. The summed E-state index contributed by atoms with van der Waals surface area (Å²) >= 11 is 1.49. The second kappa shape index (κ2) is 8.05. The maximum absolute atomic E-state index is 13.2. The van der Waals surface area contributed by atoms with Crippen molar-refractivity contribution < 1.29 is 4.39 Å². The van der Waals surface area contributed by atoms with Crippen LogP contribution >= 0.6 is 11.3 Å². The van der Waals surface area contributed by atoms with Crippen molar-refractivity contribution in [2.75, 3.05) is 10.6 Å². The number of benzene rings is 1. The highest BCUT2D eigenvalue weighted by Gasteiger charge is 2.12. The molecule has 4 rings (SSSR count). The van der Waals surface area contributed by atoms with E-state index in [0.29, 0.717) is 23.3 Å². The Morgan fingerprint density at radius 2 is 1.86 bits per heavy atom. The second-order valence-electron chi connectivity index (χ2n) is 5.93. The summed E-state index contributed by atoms with van der Waals surface area (Å²) in [6.07, 6.45) is 6.54. The van der Waals surface area contributed by atoms with E-state index in [1.165, 1.54) is 23.5 Å². The molecule has 0 saturated heterocycles. The van der Waals surface area contributed by atoms with Gasteiger partial charge in [-0.25, -0.2) is 19.3 Å². The molecule has 3 aromatic heterocycles. The van der Waals surface area contributed by atoms with Crippen molar-refractivity contribution in [2.45, 2.75) is 13.0 Å². The first kappa shape index (κ1) is 17.9. The van der Waals surface area contributed by atoms with Gasteiger partial charge in [-0.15, -0.1) is 11.3 Å². The molecule has 0 saturated carbocycles. The predicted octanol–water partition coefficient (Wildman–Crippen LogP) is 4.45. The number of rotatable bonds is 6. The molecular formula is C19H16FN7S. The first-order valence-corrected chi connectivity index (χ1v) is 9.39. The Morgan fingerprint density at radius 1 is 1.00 bits per heavy atom. The molecular weight excluding hydrogens is 377 g/mol. The lowest BCUT2D eigenvalue weighted by Crippen LogP contribution is -2.11. The average molecular weight is 393 g/mol. The minimum absolute atomic E-state index is 0.114. The first-order chi connectivity index (χ1) is 13.7. The minimum atomic E-state index is -0.270. The molecule has 1 atom stereocenters. The third-order valence-corrected chi connectivity index (χ3v) is 4.71. The third-order valence-electron chi connectivity index (χ3n) is 3.91. The lowest BCUT2D eigenvalue weighted by Gasteiger charge is -2.16. The monoisotopic (exact) mass is 393 g/mol. The van der Waals surface area contributed by atoms with Gasteiger partial charge in [0.15, 0.2) is 0 Å². The van der Waals surface area contributed by atoms with Gasteiger partial charge in [-0.05, 0) is 24.6 Å². The highest BCUT2D eigenvalue weighted by Crippen LogP contribution is 2.26. The number of nitrogens with one attached hydrogen (secondary N) is 2. The van der Waals surface area contributed by atoms with E-state index in [0.717, 1.165) is 10.6 Å². The van der Waals surface area contributed by atoms with E-state index in [9.17, 15) is 4.39 Å². The summed E-state index contributed by atoms with van der Waals surface area (Å²) in [4.78, 5) is 21.7. The minimum Gasteiger partial charge on any atom is -0.348 e. The number of hydrogen-bond donors (Lipinski definition) is 2. The van der Waals surface area contributed by atoms with Crippen molar-refractivity contribution in [3.05, 3.63) is 71.9 Å². The molecule has 0 aliphatic rings. The molecule has 0 fully saturated rings. The fourth-order valence-electron chi connectivity index (χ4n) is 2.56. The van der Waals surface area contributed by atoms with Gasteiger partial charge in [0.2, 0.25) is 5.95 Å². The molecule has 0 radical (unpaired) electrons. The standard InChI is InChI=1S/C19H16FN7S/c1-12(13-2-4-14(20)5-3-13)24-19-25-15(18-23-8-9-28-18)10-16(27-19)26-17-11-21-6-7-22-17/h2-12H,1H3,(H2,22,24,25,26,27). The van der Waals surface area contributed by atoms with E-state index in [4.69, 9.17) is 0 Å². The lowest BCUT2D eigenvalue weighted by atomic mass is 10.1. The number of halogens is 1. The van der Waals surface area contributed by atoms with Crippen molar-refractivity contribution in [1.82, 2.24) is 24.9 Å². The second-order valence-corrected chi connectivity index (χ2v) is 6.83. The van der Waals surface area contributed by atoms with Crippen LogP contribution in [0.3, 0.4) is 0 Å². The van der Waals surface area contributed by atoms with Crippen molar-refractivity contribution in [1.29, 1.82) is 0 Å². The Hall–Kier alpha value is -3.46. The number of thiazole rings is 1. The van der Waals surface area contributed by atoms with E-state index in [1.54, 1.807) is 43.0 Å². The van der Waals surface area contributed by atoms with E-state index in [1.807, 2.05) is 12.3 Å². The Morgan fingerprint density at radius 3 is 2.57 bits per heavy atom. The van der Waals surface area contributed by atoms with Crippen LogP contribution in [0.4, 0.5) is 22.0 Å². The van der Waals surface area contributed by atoms with Crippen molar-refractivity contribution in [3.63, 3.8) is 0 Å². The molecule has 28 heavy (non-hydrogen) atoms. The van der Waals surface area contributed by atoms with Crippen LogP contribution < -0.4 is 10.6 Å². The molecule has 9 heteroatoms. The zero-order valence-electron chi connectivity index (χ0n) is 14.9. The molecule has 0 amide bonds. The van der Waals surface area contributed by atoms with E-state index < -0.39 is 0 Å². The number of nitrogens with zero attached hydrogens (tertiary/aromatic N) is 5. The van der Waals surface area contributed by atoms with E-state index >= 15 is 0 Å². The van der Waals surface area contributed by atoms with Crippen LogP contribution in [-0.4, -0.2) is 24.9 Å². The largest absolute Gasteiger partial charge is 0.348 e. The number of hydrogen-bond acceptors (Lipinski definition) is 8. The fourth-order valence-corrected chi connectivity index (χ4v) is 3.16. The highest BCUT2D eigenvalue weighted by atomic mass is 32.1. The van der Waals surface area contributed by atoms with Gasteiger partial charge in [-0.1, -0.05) is 12.1 Å². The lowest BCUT2D eigenvalue weighted by molar-refractivity contribution is 0.626. The van der Waals surface area contributed by atoms with Crippen molar-refractivity contribution >= 4 is 28.9 Å². The summed E-state index contributed by atoms with van der Waals surface area (Å²) in [5.41, 5.74) is 1.61. The summed E-state index contributed by atoms with van der Waals surface area (Å²) in [6, 6.07) is 8.02. The van der Waals surface area contributed by atoms with Gasteiger partial charge in [-0.3, -0.25) is 4.98 Å². The molecule has 2 N–H and O–H groups in total. The van der Waals surface area contributed by atoms with Crippen LogP contribution in [-0.2, 0) is 0 Å². The molecule has 4 aromatic rings. The Labute approximate surface area is 164 Å².